The van der Waals surface area contributed by atoms with Gasteiger partial charge in [0.25, 0.3) is 0 Å². The third-order valence-electron chi connectivity index (χ3n) is 3.74. The van der Waals surface area contributed by atoms with E-state index in [1.165, 1.54) is 0 Å². The van der Waals surface area contributed by atoms with Gasteiger partial charge in [-0.1, -0.05) is 36.8 Å². The zero-order valence-corrected chi connectivity index (χ0v) is 10.6. The number of ketones is 1. The summed E-state index contributed by atoms with van der Waals surface area (Å²) in [4.78, 5) is 22.7. The van der Waals surface area contributed by atoms with E-state index in [2.05, 4.69) is 0 Å². The van der Waals surface area contributed by atoms with Crippen molar-refractivity contribution in [2.75, 3.05) is 0 Å². The first-order chi connectivity index (χ1) is 9.09. The smallest absolute Gasteiger partial charge is 0.241 e. The summed E-state index contributed by atoms with van der Waals surface area (Å²) in [6.07, 6.45) is 1.01. The Morgan fingerprint density at radius 2 is 2.00 bits per heavy atom. The third-order valence-corrected chi connectivity index (χ3v) is 3.74. The fourth-order valence-electron chi connectivity index (χ4n) is 2.76. The molecule has 0 saturated heterocycles. The first-order valence-corrected chi connectivity index (χ1v) is 6.49. The predicted octanol–water partition coefficient (Wildman–Crippen LogP) is 2.07. The minimum absolute atomic E-state index is 0.0912. The Hall–Kier alpha value is -1.75. The highest BCUT2D eigenvalue weighted by atomic mass is 16.6. The second-order valence-corrected chi connectivity index (χ2v) is 5.03. The molecule has 0 radical (unpaired) electrons. The number of nitro groups is 1. The number of rotatable bonds is 4. The molecule has 0 heterocycles. The van der Waals surface area contributed by atoms with E-state index in [4.69, 9.17) is 0 Å². The van der Waals surface area contributed by atoms with Gasteiger partial charge >= 0.3 is 0 Å². The van der Waals surface area contributed by atoms with Crippen LogP contribution in [0, 0.1) is 16.0 Å². The first kappa shape index (κ1) is 13.7. The van der Waals surface area contributed by atoms with Crippen molar-refractivity contribution < 1.29 is 14.8 Å². The number of aliphatic hydroxyl groups excluding tert-OH is 1. The van der Waals surface area contributed by atoms with Gasteiger partial charge in [0.15, 0.2) is 5.78 Å². The van der Waals surface area contributed by atoms with Crippen molar-refractivity contribution in [3.05, 3.63) is 46.0 Å². The van der Waals surface area contributed by atoms with Gasteiger partial charge in [-0.3, -0.25) is 14.9 Å². The van der Waals surface area contributed by atoms with Crippen LogP contribution < -0.4 is 0 Å². The molecule has 1 saturated carbocycles. The quantitative estimate of drug-likeness (QED) is 0.512. The van der Waals surface area contributed by atoms with Gasteiger partial charge in [0.2, 0.25) is 6.04 Å². The highest BCUT2D eigenvalue weighted by Crippen LogP contribution is 2.30. The standard InChI is InChI=1S/C14H17NO4/c16-12-8-4-7-11(14(12)15(18)19)9-13(17)10-5-2-1-3-6-10/h1-3,5-6,11-12,14,16H,4,7-9H2/t11-,12+,14-/m1/s1. The van der Waals surface area contributed by atoms with Crippen molar-refractivity contribution in [1.82, 2.24) is 0 Å². The first-order valence-electron chi connectivity index (χ1n) is 6.49. The lowest BCUT2D eigenvalue weighted by Gasteiger charge is -2.28. The monoisotopic (exact) mass is 263 g/mol. The Bertz CT molecular complexity index is 460. The van der Waals surface area contributed by atoms with Crippen LogP contribution in [0.1, 0.15) is 36.0 Å². The summed E-state index contributed by atoms with van der Waals surface area (Å²) < 4.78 is 0. The minimum Gasteiger partial charge on any atom is -0.386 e. The van der Waals surface area contributed by atoms with Crippen LogP contribution in [0.3, 0.4) is 0 Å². The second-order valence-electron chi connectivity index (χ2n) is 5.03. The van der Waals surface area contributed by atoms with Gasteiger partial charge in [0, 0.05) is 22.8 Å². The van der Waals surface area contributed by atoms with E-state index in [-0.39, 0.29) is 18.1 Å². The van der Waals surface area contributed by atoms with Gasteiger partial charge in [-0.25, -0.2) is 0 Å². The molecule has 102 valence electrons. The van der Waals surface area contributed by atoms with Crippen molar-refractivity contribution in [3.8, 4) is 0 Å². The Balaban J connectivity index is 2.08. The number of nitrogens with zero attached hydrogens (tertiary/aromatic N) is 1. The average Bonchev–Trinajstić information content (AvgIpc) is 2.39. The van der Waals surface area contributed by atoms with E-state index in [1.54, 1.807) is 24.3 Å². The van der Waals surface area contributed by atoms with Crippen LogP contribution >= 0.6 is 0 Å². The van der Waals surface area contributed by atoms with E-state index >= 15 is 0 Å². The Kier molecular flexibility index (Phi) is 4.27. The topological polar surface area (TPSA) is 80.4 Å². The lowest BCUT2D eigenvalue weighted by molar-refractivity contribution is -0.547. The summed E-state index contributed by atoms with van der Waals surface area (Å²) in [5, 5.41) is 20.8. The third kappa shape index (κ3) is 3.17. The van der Waals surface area contributed by atoms with E-state index in [1.807, 2.05) is 6.07 Å². The number of benzene rings is 1. The Labute approximate surface area is 111 Å². The van der Waals surface area contributed by atoms with Crippen LogP contribution in [0.4, 0.5) is 0 Å². The van der Waals surface area contributed by atoms with Crippen LogP contribution in [-0.2, 0) is 0 Å². The number of aliphatic hydroxyl groups is 1. The van der Waals surface area contributed by atoms with Crippen LogP contribution in [0.5, 0.6) is 0 Å². The molecule has 5 nitrogen and oxygen atoms in total. The molecule has 1 aromatic carbocycles. The van der Waals surface area contributed by atoms with Gasteiger partial charge < -0.3 is 5.11 Å². The van der Waals surface area contributed by atoms with Crippen molar-refractivity contribution in [2.45, 2.75) is 37.8 Å². The molecule has 19 heavy (non-hydrogen) atoms. The van der Waals surface area contributed by atoms with Crippen molar-refractivity contribution in [1.29, 1.82) is 0 Å². The number of carbonyl (C=O) groups is 1. The molecule has 1 N–H and O–H groups in total. The molecule has 0 unspecified atom stereocenters. The van der Waals surface area contributed by atoms with Crippen molar-refractivity contribution in [3.63, 3.8) is 0 Å². The van der Waals surface area contributed by atoms with Gasteiger partial charge in [0.1, 0.15) is 6.10 Å². The molecule has 1 aromatic rings. The van der Waals surface area contributed by atoms with Crippen LogP contribution in [0.25, 0.3) is 0 Å². The van der Waals surface area contributed by atoms with Gasteiger partial charge in [0.05, 0.1) is 0 Å². The lowest BCUT2D eigenvalue weighted by Crippen LogP contribution is -2.44. The number of carbonyl (C=O) groups excluding carboxylic acids is 1. The summed E-state index contributed by atoms with van der Waals surface area (Å²) in [5.74, 6) is -0.460. The molecule has 1 aliphatic carbocycles. The Morgan fingerprint density at radius 1 is 1.32 bits per heavy atom. The van der Waals surface area contributed by atoms with Gasteiger partial charge in [-0.15, -0.1) is 0 Å². The highest BCUT2D eigenvalue weighted by molar-refractivity contribution is 5.96. The van der Waals surface area contributed by atoms with E-state index < -0.39 is 17.1 Å². The molecule has 3 atom stereocenters. The zero-order valence-electron chi connectivity index (χ0n) is 10.6. The molecule has 1 fully saturated rings. The van der Waals surface area contributed by atoms with E-state index in [0.717, 1.165) is 6.42 Å². The fourth-order valence-corrected chi connectivity index (χ4v) is 2.76. The summed E-state index contributed by atoms with van der Waals surface area (Å²) >= 11 is 0. The largest absolute Gasteiger partial charge is 0.386 e. The van der Waals surface area contributed by atoms with Crippen LogP contribution in [-0.4, -0.2) is 28.0 Å². The SMILES string of the molecule is O=C(C[C@H]1CCC[C@H](O)[C@@H]1[N+](=O)[O-])c1ccccc1. The van der Waals surface area contributed by atoms with Crippen molar-refractivity contribution >= 4 is 5.78 Å². The lowest BCUT2D eigenvalue weighted by atomic mass is 9.79. The maximum absolute atomic E-state index is 12.1. The summed E-state index contributed by atoms with van der Waals surface area (Å²) in [5.41, 5.74) is 0.574. The molecule has 0 bridgehead atoms. The molecule has 2 rings (SSSR count). The van der Waals surface area contributed by atoms with Gasteiger partial charge in [-0.05, 0) is 12.8 Å². The summed E-state index contributed by atoms with van der Waals surface area (Å²) in [7, 11) is 0. The summed E-state index contributed by atoms with van der Waals surface area (Å²) in [6, 6.07) is 7.77. The molecule has 0 aromatic heterocycles. The molecule has 5 heteroatoms. The summed E-state index contributed by atoms with van der Waals surface area (Å²) in [6.45, 7) is 0. The average molecular weight is 263 g/mol. The molecule has 1 aliphatic rings. The van der Waals surface area contributed by atoms with Crippen LogP contribution in [0.2, 0.25) is 0 Å². The van der Waals surface area contributed by atoms with Crippen molar-refractivity contribution in [2.24, 2.45) is 5.92 Å². The second kappa shape index (κ2) is 5.93. The number of hydrogen-bond donors (Lipinski definition) is 1. The number of Topliss-reactive ketones (excluding diaryl/α,β-unsaturated/α-hetero) is 1. The molecule has 0 aliphatic heterocycles. The molecule has 0 amide bonds. The molecular weight excluding hydrogens is 246 g/mol. The highest BCUT2D eigenvalue weighted by Gasteiger charge is 2.41. The maximum atomic E-state index is 12.1. The predicted molar refractivity (Wildman–Crippen MR) is 69.5 cm³/mol. The number of hydrogen-bond acceptors (Lipinski definition) is 4. The maximum Gasteiger partial charge on any atom is 0.241 e. The Morgan fingerprint density at radius 3 is 2.63 bits per heavy atom. The zero-order chi connectivity index (χ0) is 13.8. The fraction of sp³-hybridized carbons (Fsp3) is 0.500. The van der Waals surface area contributed by atoms with Gasteiger partial charge in [-0.2, -0.15) is 0 Å². The molecular formula is C14H17NO4. The van der Waals surface area contributed by atoms with E-state index in [0.29, 0.717) is 18.4 Å². The van der Waals surface area contributed by atoms with E-state index in [9.17, 15) is 20.0 Å². The normalized spacial score (nSPS) is 26.9. The minimum atomic E-state index is -1.01. The van der Waals surface area contributed by atoms with Crippen LogP contribution in [0.15, 0.2) is 30.3 Å². The molecule has 0 spiro atoms.